The Bertz CT molecular complexity index is 697. The van der Waals surface area contributed by atoms with Gasteiger partial charge in [-0.3, -0.25) is 9.59 Å². The lowest BCUT2D eigenvalue weighted by Crippen LogP contribution is -2.11. The molecule has 0 aromatic carbocycles. The van der Waals surface area contributed by atoms with Gasteiger partial charge >= 0.3 is 11.9 Å². The molecule has 0 saturated heterocycles. The molecule has 23 heavy (non-hydrogen) atoms. The topological polar surface area (TPSA) is 79.5 Å². The number of hydrogen-bond donors (Lipinski definition) is 2. The van der Waals surface area contributed by atoms with Crippen molar-refractivity contribution in [2.45, 2.75) is 32.2 Å². The largest absolute Gasteiger partial charge is 0.481 e. The third-order valence-corrected chi connectivity index (χ3v) is 4.17. The van der Waals surface area contributed by atoms with Crippen LogP contribution >= 0.6 is 15.9 Å². The zero-order valence-corrected chi connectivity index (χ0v) is 14.1. The fraction of sp³-hybridized carbons (Fsp3) is 0.294. The quantitative estimate of drug-likeness (QED) is 0.758. The Morgan fingerprint density at radius 2 is 1.83 bits per heavy atom. The molecule has 0 aliphatic heterocycles. The zero-order valence-electron chi connectivity index (χ0n) is 12.5. The summed E-state index contributed by atoms with van der Waals surface area (Å²) >= 11 is 3.44. The highest BCUT2D eigenvalue weighted by Gasteiger charge is 2.13. The van der Waals surface area contributed by atoms with Gasteiger partial charge in [0.15, 0.2) is 0 Å². The molecule has 0 radical (unpaired) electrons. The first-order valence-electron chi connectivity index (χ1n) is 7.33. The van der Waals surface area contributed by atoms with Gasteiger partial charge in [-0.15, -0.1) is 0 Å². The van der Waals surface area contributed by atoms with Crippen LogP contribution in [0.2, 0.25) is 0 Å². The molecule has 0 atom stereocenters. The third-order valence-electron chi connectivity index (χ3n) is 3.58. The van der Waals surface area contributed by atoms with Gasteiger partial charge in [-0.05, 0) is 36.6 Å². The Morgan fingerprint density at radius 1 is 1.09 bits per heavy atom. The van der Waals surface area contributed by atoms with Crippen molar-refractivity contribution in [3.8, 4) is 0 Å². The summed E-state index contributed by atoms with van der Waals surface area (Å²) in [6, 6.07) is 3.80. The second-order valence-electron chi connectivity index (χ2n) is 5.22. The maximum absolute atomic E-state index is 10.9. The molecule has 1 aromatic rings. The smallest absolute Gasteiger partial charge is 0.305 e. The van der Waals surface area contributed by atoms with Crippen LogP contribution in [-0.4, -0.2) is 26.7 Å². The molecule has 6 heteroatoms. The summed E-state index contributed by atoms with van der Waals surface area (Å²) in [7, 11) is 0. The van der Waals surface area contributed by atoms with Gasteiger partial charge in [-0.2, -0.15) is 0 Å². The first kappa shape index (κ1) is 17.3. The normalized spacial score (nSPS) is 14.1. The molecule has 1 aliphatic carbocycles. The summed E-state index contributed by atoms with van der Waals surface area (Å²) in [5.74, 6) is -1.73. The van der Waals surface area contributed by atoms with Crippen molar-refractivity contribution in [2.24, 2.45) is 0 Å². The van der Waals surface area contributed by atoms with Crippen molar-refractivity contribution in [2.75, 3.05) is 0 Å². The molecule has 122 valence electrons. The Hall–Kier alpha value is -2.08. The number of carboxylic acids is 2. The monoisotopic (exact) mass is 379 g/mol. The van der Waals surface area contributed by atoms with E-state index in [1.165, 1.54) is 0 Å². The minimum absolute atomic E-state index is 0.000685. The number of carboxylic acid groups (broad SMARTS) is 2. The number of aromatic nitrogens is 1. The van der Waals surface area contributed by atoms with Crippen molar-refractivity contribution in [3.63, 3.8) is 0 Å². The minimum Gasteiger partial charge on any atom is -0.481 e. The van der Waals surface area contributed by atoms with E-state index in [0.29, 0.717) is 13.0 Å². The number of allylic oxidation sites excluding steroid dienone is 6. The van der Waals surface area contributed by atoms with Crippen molar-refractivity contribution in [1.82, 2.24) is 4.57 Å². The molecular formula is C17H18BrNO4. The van der Waals surface area contributed by atoms with E-state index in [1.807, 2.05) is 34.9 Å². The molecule has 0 amide bonds. The standard InChI is InChI=1S/C17H18BrNO4/c18-13-3-1-2-12(4-5-13)15-8-6-14(7-9-16(20)21)19(15)11-10-17(22)23/h2-6,8H,1,7,9-11H2,(H,20,21)(H,22,23). The Labute approximate surface area is 142 Å². The van der Waals surface area contributed by atoms with Gasteiger partial charge in [0.25, 0.3) is 0 Å². The van der Waals surface area contributed by atoms with Crippen molar-refractivity contribution < 1.29 is 19.8 Å². The summed E-state index contributed by atoms with van der Waals surface area (Å²) in [5.41, 5.74) is 2.76. The van der Waals surface area contributed by atoms with E-state index in [4.69, 9.17) is 10.2 Å². The summed E-state index contributed by atoms with van der Waals surface area (Å²) in [4.78, 5) is 21.7. The number of nitrogens with zero attached hydrogens (tertiary/aromatic N) is 1. The van der Waals surface area contributed by atoms with E-state index in [9.17, 15) is 9.59 Å². The van der Waals surface area contributed by atoms with Gasteiger partial charge in [0.2, 0.25) is 0 Å². The minimum atomic E-state index is -0.872. The number of hydrogen-bond acceptors (Lipinski definition) is 2. The summed E-state index contributed by atoms with van der Waals surface area (Å²) < 4.78 is 2.91. The highest BCUT2D eigenvalue weighted by molar-refractivity contribution is 9.11. The molecule has 5 nitrogen and oxygen atoms in total. The molecular weight excluding hydrogens is 362 g/mol. The molecule has 2 rings (SSSR count). The highest BCUT2D eigenvalue weighted by Crippen LogP contribution is 2.25. The van der Waals surface area contributed by atoms with E-state index in [0.717, 1.165) is 27.9 Å². The maximum atomic E-state index is 10.9. The maximum Gasteiger partial charge on any atom is 0.305 e. The Balaban J connectivity index is 2.30. The van der Waals surface area contributed by atoms with Crippen LogP contribution in [0.4, 0.5) is 0 Å². The number of rotatable bonds is 7. The molecule has 0 fully saturated rings. The van der Waals surface area contributed by atoms with Crippen LogP contribution in [0, 0.1) is 0 Å². The first-order chi connectivity index (χ1) is 11.0. The molecule has 0 bridgehead atoms. The SMILES string of the molecule is O=C(O)CCc1ccc(C2=CCC=C(Br)C=C2)n1CCC(=O)O. The van der Waals surface area contributed by atoms with Gasteiger partial charge in [0.05, 0.1) is 12.8 Å². The second kappa shape index (κ2) is 7.97. The third kappa shape index (κ3) is 4.96. The van der Waals surface area contributed by atoms with E-state index in [-0.39, 0.29) is 12.8 Å². The van der Waals surface area contributed by atoms with Crippen molar-refractivity contribution in [3.05, 3.63) is 52.3 Å². The predicted molar refractivity (Wildman–Crippen MR) is 91.4 cm³/mol. The fourth-order valence-corrected chi connectivity index (χ4v) is 2.80. The molecule has 1 aliphatic rings. The molecule has 0 spiro atoms. The van der Waals surface area contributed by atoms with E-state index < -0.39 is 11.9 Å². The Morgan fingerprint density at radius 3 is 2.52 bits per heavy atom. The van der Waals surface area contributed by atoms with Crippen molar-refractivity contribution >= 4 is 33.4 Å². The molecule has 2 N–H and O–H groups in total. The van der Waals surface area contributed by atoms with Crippen LogP contribution in [0.1, 0.15) is 30.7 Å². The summed E-state index contributed by atoms with van der Waals surface area (Å²) in [6.45, 7) is 0.326. The van der Waals surface area contributed by atoms with Crippen LogP contribution in [0.3, 0.4) is 0 Å². The second-order valence-corrected chi connectivity index (χ2v) is 6.13. The lowest BCUT2D eigenvalue weighted by atomic mass is 10.1. The summed E-state index contributed by atoms with van der Waals surface area (Å²) in [6.07, 6.45) is 9.22. The number of carbonyl (C=O) groups is 2. The average molecular weight is 380 g/mol. The van der Waals surface area contributed by atoms with Gasteiger partial charge in [-0.1, -0.05) is 34.2 Å². The Kier molecular flexibility index (Phi) is 5.98. The van der Waals surface area contributed by atoms with Crippen LogP contribution in [0.25, 0.3) is 5.57 Å². The van der Waals surface area contributed by atoms with Crippen molar-refractivity contribution in [1.29, 1.82) is 0 Å². The van der Waals surface area contributed by atoms with E-state index in [2.05, 4.69) is 22.0 Å². The number of halogens is 1. The van der Waals surface area contributed by atoms with E-state index >= 15 is 0 Å². The lowest BCUT2D eigenvalue weighted by Gasteiger charge is -2.13. The van der Waals surface area contributed by atoms with Gasteiger partial charge in [0.1, 0.15) is 0 Å². The van der Waals surface area contributed by atoms with Crippen LogP contribution in [0.15, 0.2) is 40.9 Å². The highest BCUT2D eigenvalue weighted by atomic mass is 79.9. The zero-order chi connectivity index (χ0) is 16.8. The molecule has 0 unspecified atom stereocenters. The van der Waals surface area contributed by atoms with Gasteiger partial charge < -0.3 is 14.8 Å². The number of aliphatic carboxylic acids is 2. The average Bonchev–Trinajstić information content (AvgIpc) is 2.76. The predicted octanol–water partition coefficient (Wildman–Crippen LogP) is 3.60. The fourth-order valence-electron chi connectivity index (χ4n) is 2.48. The molecule has 1 aromatic heterocycles. The summed E-state index contributed by atoms with van der Waals surface area (Å²) in [5, 5.41) is 17.8. The lowest BCUT2D eigenvalue weighted by molar-refractivity contribution is -0.138. The van der Waals surface area contributed by atoms with Crippen LogP contribution in [0.5, 0.6) is 0 Å². The van der Waals surface area contributed by atoms with Crippen LogP contribution in [-0.2, 0) is 22.6 Å². The van der Waals surface area contributed by atoms with E-state index in [1.54, 1.807) is 0 Å². The number of aryl methyl sites for hydroxylation is 1. The molecule has 0 saturated carbocycles. The van der Waals surface area contributed by atoms with Gasteiger partial charge in [-0.25, -0.2) is 0 Å². The first-order valence-corrected chi connectivity index (χ1v) is 8.13. The van der Waals surface area contributed by atoms with Crippen LogP contribution < -0.4 is 0 Å². The van der Waals surface area contributed by atoms with Gasteiger partial charge in [0, 0.05) is 22.4 Å². The molecule has 1 heterocycles.